The van der Waals surface area contributed by atoms with Gasteiger partial charge in [0.2, 0.25) is 0 Å². The van der Waals surface area contributed by atoms with Crippen molar-refractivity contribution in [3.05, 3.63) is 190 Å². The Balaban J connectivity index is 0.000000471. The molecule has 304 valence electrons. The number of ether oxygens (including phenoxy) is 1. The van der Waals surface area contributed by atoms with Crippen molar-refractivity contribution in [3.8, 4) is 5.75 Å². The van der Waals surface area contributed by atoms with Crippen LogP contribution in [0, 0.1) is 66.7 Å². The monoisotopic (exact) mass is 849 g/mol. The summed E-state index contributed by atoms with van der Waals surface area (Å²) in [7, 11) is 0. The standard InChI is InChI=1S/C23H24N.C23H33O.C7H7.C2H6.Y/c1-16-7-6-8-21(13-16)24(22-12-11-18(3)20(5)15-22)23-14-17(2)9-10-19(23)4;1-5-13-22(6-2)18-17-20(3)14-9-7-8-12-19-24-23-16-11-10-15-21(23)4;1-7-5-3-2-4-6-7;1-2;/h6-8,10-15H,1-5H3;5,11,13,15-18H,6-9,12,14,19H2,1-4H3;2-3,5-6H,1H3;1-2H3;/q3*-1;;+3/b;13-5?,20-17+,22-18+;;;. The minimum Gasteiger partial charge on any atom is -0.519 e. The normalized spacial score (nSPS) is 10.9. The van der Waals surface area contributed by atoms with Crippen LogP contribution in [0.25, 0.3) is 0 Å². The van der Waals surface area contributed by atoms with E-state index in [-0.39, 0.29) is 32.7 Å². The van der Waals surface area contributed by atoms with E-state index in [1.54, 1.807) is 0 Å². The number of aryl methyl sites for hydroxylation is 7. The molecule has 5 aromatic carbocycles. The second-order valence-corrected chi connectivity index (χ2v) is 14.5. The fraction of sp³-hybridized carbons (Fsp3) is 0.345. The maximum Gasteiger partial charge on any atom is 3.00 e. The van der Waals surface area contributed by atoms with Crippen molar-refractivity contribution >= 4 is 17.1 Å². The number of rotatable bonds is 14. The Morgan fingerprint density at radius 1 is 0.672 bits per heavy atom. The predicted octanol–water partition coefficient (Wildman–Crippen LogP) is 16.3. The number of anilines is 3. The second-order valence-electron chi connectivity index (χ2n) is 14.5. The van der Waals surface area contributed by atoms with E-state index in [0.29, 0.717) is 0 Å². The molecule has 0 saturated carbocycles. The zero-order valence-corrected chi connectivity index (χ0v) is 40.8. The van der Waals surface area contributed by atoms with E-state index in [0.717, 1.165) is 36.3 Å². The second kappa shape index (κ2) is 30.1. The van der Waals surface area contributed by atoms with Gasteiger partial charge < -0.3 is 9.64 Å². The van der Waals surface area contributed by atoms with Crippen LogP contribution in [0.2, 0.25) is 0 Å². The van der Waals surface area contributed by atoms with Crippen LogP contribution < -0.4 is 9.64 Å². The number of nitrogens with zero attached hydrogens (tertiary/aromatic N) is 1. The molecular formula is C55H70NOY. The van der Waals surface area contributed by atoms with E-state index in [4.69, 9.17) is 4.74 Å². The van der Waals surface area contributed by atoms with Gasteiger partial charge in [0, 0.05) is 17.1 Å². The summed E-state index contributed by atoms with van der Waals surface area (Å²) in [5, 5.41) is 0. The van der Waals surface area contributed by atoms with Crippen LogP contribution in [-0.4, -0.2) is 6.61 Å². The van der Waals surface area contributed by atoms with E-state index in [9.17, 15) is 0 Å². The molecule has 0 N–H and O–H groups in total. The first-order valence-corrected chi connectivity index (χ1v) is 21.0. The van der Waals surface area contributed by atoms with Crippen LogP contribution in [0.15, 0.2) is 133 Å². The Kier molecular flexibility index (Phi) is 27.0. The zero-order valence-electron chi connectivity index (χ0n) is 37.9. The number of hydrogen-bond donors (Lipinski definition) is 0. The van der Waals surface area contributed by atoms with Gasteiger partial charge in [-0.2, -0.15) is 71.8 Å². The number of allylic oxidation sites excluding steroid dienone is 6. The summed E-state index contributed by atoms with van der Waals surface area (Å²) in [5.41, 5.74) is 15.1. The predicted molar refractivity (Wildman–Crippen MR) is 251 cm³/mol. The van der Waals surface area contributed by atoms with Crippen LogP contribution in [0.1, 0.15) is 112 Å². The number of benzene rings is 5. The molecule has 0 aliphatic carbocycles. The molecule has 0 unspecified atom stereocenters. The maximum absolute atomic E-state index is 5.82. The minimum atomic E-state index is 0. The average molecular weight is 850 g/mol. The van der Waals surface area contributed by atoms with Gasteiger partial charge in [0.25, 0.3) is 0 Å². The van der Waals surface area contributed by atoms with Crippen molar-refractivity contribution in [2.45, 2.75) is 122 Å². The van der Waals surface area contributed by atoms with Crippen molar-refractivity contribution in [1.82, 2.24) is 0 Å². The van der Waals surface area contributed by atoms with Crippen molar-refractivity contribution < 1.29 is 37.4 Å². The van der Waals surface area contributed by atoms with Gasteiger partial charge in [-0.25, -0.2) is 0 Å². The molecule has 0 aliphatic rings. The van der Waals surface area contributed by atoms with E-state index < -0.39 is 0 Å². The van der Waals surface area contributed by atoms with Crippen LogP contribution in [0.5, 0.6) is 5.75 Å². The molecule has 5 aromatic rings. The SMILES string of the molecule is CC.CC=C/C(=C/C=C(\C)CCCCCCOc1cc[c-]cc1C)CC.Cc1[c-]cc(C)c(N(c2cccc(C)c2)c2ccc(C)c(C)c2)c1.Cc1c[c-]ccc1.[Y+3]. The summed E-state index contributed by atoms with van der Waals surface area (Å²) in [6.45, 7) is 26.1. The summed E-state index contributed by atoms with van der Waals surface area (Å²) >= 11 is 0. The van der Waals surface area contributed by atoms with Gasteiger partial charge in [0.05, 0.1) is 6.61 Å². The van der Waals surface area contributed by atoms with Gasteiger partial charge in [-0.15, -0.1) is 23.3 Å². The summed E-state index contributed by atoms with van der Waals surface area (Å²) < 4.78 is 5.82. The average Bonchev–Trinajstić information content (AvgIpc) is 3.21. The van der Waals surface area contributed by atoms with Crippen molar-refractivity contribution in [1.29, 1.82) is 0 Å². The van der Waals surface area contributed by atoms with Gasteiger partial charge >= 0.3 is 32.7 Å². The van der Waals surface area contributed by atoms with E-state index in [1.165, 1.54) is 81.7 Å². The van der Waals surface area contributed by atoms with Crippen LogP contribution in [0.3, 0.4) is 0 Å². The quantitative estimate of drug-likeness (QED) is 0.0627. The molecule has 5 rings (SSSR count). The first-order valence-electron chi connectivity index (χ1n) is 21.0. The van der Waals surface area contributed by atoms with Gasteiger partial charge in [0.15, 0.2) is 0 Å². The van der Waals surface area contributed by atoms with E-state index in [1.807, 2.05) is 50.2 Å². The Labute approximate surface area is 380 Å². The van der Waals surface area contributed by atoms with E-state index in [2.05, 4.69) is 177 Å². The Hall–Kier alpha value is -3.98. The first kappa shape index (κ1) is 52.0. The fourth-order valence-corrected chi connectivity index (χ4v) is 5.98. The fourth-order valence-electron chi connectivity index (χ4n) is 5.98. The maximum atomic E-state index is 5.82. The smallest absolute Gasteiger partial charge is 0.519 e. The Morgan fingerprint density at radius 3 is 2.00 bits per heavy atom. The van der Waals surface area contributed by atoms with Gasteiger partial charge in [-0.1, -0.05) is 115 Å². The molecule has 2 nitrogen and oxygen atoms in total. The molecule has 3 heteroatoms. The molecule has 0 bridgehead atoms. The summed E-state index contributed by atoms with van der Waals surface area (Å²) in [5.74, 6) is 0.993. The minimum absolute atomic E-state index is 0. The number of unbranched alkanes of at least 4 members (excludes halogenated alkanes) is 3. The Bertz CT molecular complexity index is 1970. The van der Waals surface area contributed by atoms with Crippen molar-refractivity contribution in [3.63, 3.8) is 0 Å². The third-order valence-electron chi connectivity index (χ3n) is 9.50. The molecular weight excluding hydrogens is 780 g/mol. The van der Waals surface area contributed by atoms with Gasteiger partial charge in [-0.05, 0) is 107 Å². The molecule has 0 atom stereocenters. The molecule has 0 fully saturated rings. The molecule has 0 aromatic heterocycles. The molecule has 0 amide bonds. The zero-order chi connectivity index (χ0) is 42.0. The Morgan fingerprint density at radius 2 is 1.38 bits per heavy atom. The van der Waals surface area contributed by atoms with Crippen LogP contribution in [0.4, 0.5) is 17.1 Å². The summed E-state index contributed by atoms with van der Waals surface area (Å²) in [4.78, 5) is 2.34. The third kappa shape index (κ3) is 19.6. The van der Waals surface area contributed by atoms with Crippen LogP contribution in [-0.2, 0) is 32.7 Å². The van der Waals surface area contributed by atoms with Crippen molar-refractivity contribution in [2.75, 3.05) is 11.5 Å². The summed E-state index contributed by atoms with van der Waals surface area (Å²) in [6, 6.07) is 42.7. The molecule has 0 aliphatic heterocycles. The molecule has 0 spiro atoms. The topological polar surface area (TPSA) is 12.5 Å². The molecule has 0 heterocycles. The van der Waals surface area contributed by atoms with Crippen LogP contribution >= 0.6 is 0 Å². The molecule has 0 saturated heterocycles. The third-order valence-corrected chi connectivity index (χ3v) is 9.50. The van der Waals surface area contributed by atoms with Crippen molar-refractivity contribution in [2.24, 2.45) is 0 Å². The van der Waals surface area contributed by atoms with Gasteiger partial charge in [-0.3, -0.25) is 0 Å². The van der Waals surface area contributed by atoms with Gasteiger partial charge in [0.1, 0.15) is 0 Å². The largest absolute Gasteiger partial charge is 3.00 e. The van der Waals surface area contributed by atoms with E-state index >= 15 is 0 Å². The first-order chi connectivity index (χ1) is 27.5. The molecule has 0 radical (unpaired) electrons. The number of hydrogen-bond acceptors (Lipinski definition) is 2. The molecule has 58 heavy (non-hydrogen) atoms. The summed E-state index contributed by atoms with van der Waals surface area (Å²) in [6.07, 6.45) is 16.0.